The molecule has 0 aliphatic heterocycles. The monoisotopic (exact) mass is 254 g/mol. The Labute approximate surface area is 104 Å². The van der Waals surface area contributed by atoms with Crippen LogP contribution in [0.25, 0.3) is 0 Å². The lowest BCUT2D eigenvalue weighted by Crippen LogP contribution is -2.09. The van der Waals surface area contributed by atoms with Crippen LogP contribution in [-0.4, -0.2) is 44.0 Å². The van der Waals surface area contributed by atoms with Gasteiger partial charge in [-0.3, -0.25) is 4.79 Å². The highest BCUT2D eigenvalue weighted by Crippen LogP contribution is 2.12. The Bertz CT molecular complexity index is 373. The molecule has 0 heterocycles. The summed E-state index contributed by atoms with van der Waals surface area (Å²) in [4.78, 5) is 21.3. The van der Waals surface area contributed by atoms with Crippen molar-refractivity contribution in [1.82, 2.24) is 0 Å². The number of aliphatic hydroxyl groups excluding tert-OH is 1. The summed E-state index contributed by atoms with van der Waals surface area (Å²) in [5.41, 5.74) is 0.375. The fourth-order valence-corrected chi connectivity index (χ4v) is 1.16. The van der Waals surface area contributed by atoms with Crippen molar-refractivity contribution in [3.63, 3.8) is 0 Å². The van der Waals surface area contributed by atoms with Crippen molar-refractivity contribution < 1.29 is 28.9 Å². The van der Waals surface area contributed by atoms with E-state index in [2.05, 4.69) is 4.74 Å². The maximum absolute atomic E-state index is 11.4. The van der Waals surface area contributed by atoms with E-state index < -0.39 is 5.97 Å². The van der Waals surface area contributed by atoms with E-state index in [9.17, 15) is 9.59 Å². The zero-order chi connectivity index (χ0) is 13.2. The van der Waals surface area contributed by atoms with Gasteiger partial charge in [0.1, 0.15) is 25.6 Å². The molecule has 0 aromatic heterocycles. The van der Waals surface area contributed by atoms with Crippen molar-refractivity contribution in [3.8, 4) is 5.75 Å². The van der Waals surface area contributed by atoms with Gasteiger partial charge in [0.25, 0.3) is 6.47 Å². The summed E-state index contributed by atoms with van der Waals surface area (Å²) in [6.45, 7) is 0.532. The Morgan fingerprint density at radius 3 is 2.50 bits per heavy atom. The van der Waals surface area contributed by atoms with Gasteiger partial charge < -0.3 is 19.3 Å². The third-order valence-corrected chi connectivity index (χ3v) is 1.95. The first kappa shape index (κ1) is 14.0. The smallest absolute Gasteiger partial charge is 0.338 e. The highest BCUT2D eigenvalue weighted by atomic mass is 16.5. The van der Waals surface area contributed by atoms with Crippen molar-refractivity contribution in [1.29, 1.82) is 0 Å². The summed E-state index contributed by atoms with van der Waals surface area (Å²) in [6.07, 6.45) is 0. The van der Waals surface area contributed by atoms with E-state index in [0.717, 1.165) is 0 Å². The predicted octanol–water partition coefficient (Wildman–Crippen LogP) is 0.387. The van der Waals surface area contributed by atoms with Crippen LogP contribution in [0.5, 0.6) is 5.75 Å². The Kier molecular flexibility index (Phi) is 6.27. The molecule has 0 spiro atoms. The lowest BCUT2D eigenvalue weighted by atomic mass is 10.2. The fourth-order valence-electron chi connectivity index (χ4n) is 1.16. The molecule has 0 radical (unpaired) electrons. The molecule has 1 rings (SSSR count). The minimum Gasteiger partial charge on any atom is -0.490 e. The number of benzene rings is 1. The van der Waals surface area contributed by atoms with Crippen LogP contribution < -0.4 is 4.74 Å². The molecule has 0 unspecified atom stereocenters. The van der Waals surface area contributed by atoms with Gasteiger partial charge in [0.15, 0.2) is 0 Å². The number of hydrogen-bond donors (Lipinski definition) is 1. The van der Waals surface area contributed by atoms with Gasteiger partial charge in [-0.1, -0.05) is 0 Å². The fraction of sp³-hybridized carbons (Fsp3) is 0.333. The molecule has 6 heteroatoms. The normalized spacial score (nSPS) is 9.61. The largest absolute Gasteiger partial charge is 0.490 e. The van der Waals surface area contributed by atoms with E-state index in [4.69, 9.17) is 14.6 Å². The molecule has 1 N–H and O–H groups in total. The van der Waals surface area contributed by atoms with Gasteiger partial charge in [-0.25, -0.2) is 4.79 Å². The van der Waals surface area contributed by atoms with Gasteiger partial charge >= 0.3 is 5.97 Å². The summed E-state index contributed by atoms with van der Waals surface area (Å²) < 4.78 is 14.4. The van der Waals surface area contributed by atoms with Gasteiger partial charge in [0.05, 0.1) is 12.2 Å². The maximum Gasteiger partial charge on any atom is 0.338 e. The van der Waals surface area contributed by atoms with E-state index in [-0.39, 0.29) is 26.4 Å². The maximum atomic E-state index is 11.4. The number of rotatable bonds is 8. The van der Waals surface area contributed by atoms with Crippen molar-refractivity contribution in [2.24, 2.45) is 0 Å². The summed E-state index contributed by atoms with van der Waals surface area (Å²) in [7, 11) is 0. The molecule has 0 bridgehead atoms. The zero-order valence-electron chi connectivity index (χ0n) is 9.70. The van der Waals surface area contributed by atoms with Crippen LogP contribution in [0.1, 0.15) is 10.4 Å². The van der Waals surface area contributed by atoms with Crippen LogP contribution >= 0.6 is 0 Å². The Hall–Kier alpha value is -2.08. The van der Waals surface area contributed by atoms with E-state index in [1.165, 1.54) is 0 Å². The van der Waals surface area contributed by atoms with Crippen molar-refractivity contribution in [2.45, 2.75) is 0 Å². The molecule has 6 nitrogen and oxygen atoms in total. The molecule has 0 aliphatic rings. The average Bonchev–Trinajstić information content (AvgIpc) is 2.41. The SMILES string of the molecule is O=COCCOc1ccc(C(=O)OCCO)cc1. The quantitative estimate of drug-likeness (QED) is 0.410. The third kappa shape index (κ3) is 4.84. The van der Waals surface area contributed by atoms with Crippen molar-refractivity contribution >= 4 is 12.4 Å². The minimum absolute atomic E-state index is 0.0277. The highest BCUT2D eigenvalue weighted by Gasteiger charge is 2.06. The molecule has 0 atom stereocenters. The number of ether oxygens (including phenoxy) is 3. The number of esters is 1. The number of carbonyl (C=O) groups excluding carboxylic acids is 2. The van der Waals surface area contributed by atoms with Crippen molar-refractivity contribution in [2.75, 3.05) is 26.4 Å². The van der Waals surface area contributed by atoms with Crippen LogP contribution in [0.2, 0.25) is 0 Å². The summed E-state index contributed by atoms with van der Waals surface area (Å²) in [5.74, 6) is 0.0584. The van der Waals surface area contributed by atoms with Gasteiger partial charge in [-0.15, -0.1) is 0 Å². The second-order valence-electron chi connectivity index (χ2n) is 3.20. The van der Waals surface area contributed by atoms with Crippen LogP contribution in [0.4, 0.5) is 0 Å². The van der Waals surface area contributed by atoms with Crippen LogP contribution in [0.3, 0.4) is 0 Å². The first-order valence-corrected chi connectivity index (χ1v) is 5.34. The third-order valence-electron chi connectivity index (χ3n) is 1.95. The molecular formula is C12H14O6. The van der Waals surface area contributed by atoms with E-state index in [1.807, 2.05) is 0 Å². The highest BCUT2D eigenvalue weighted by molar-refractivity contribution is 5.89. The van der Waals surface area contributed by atoms with Gasteiger partial charge in [-0.2, -0.15) is 0 Å². The van der Waals surface area contributed by atoms with E-state index in [1.54, 1.807) is 24.3 Å². The number of aliphatic hydroxyl groups is 1. The molecule has 0 saturated carbocycles. The first-order chi connectivity index (χ1) is 8.77. The number of hydrogen-bond acceptors (Lipinski definition) is 6. The minimum atomic E-state index is -0.500. The van der Waals surface area contributed by atoms with Gasteiger partial charge in [0, 0.05) is 0 Å². The topological polar surface area (TPSA) is 82.1 Å². The number of carbonyl (C=O) groups is 2. The van der Waals surface area contributed by atoms with Crippen LogP contribution in [0.15, 0.2) is 24.3 Å². The zero-order valence-corrected chi connectivity index (χ0v) is 9.70. The van der Waals surface area contributed by atoms with E-state index in [0.29, 0.717) is 17.8 Å². The summed E-state index contributed by atoms with van der Waals surface area (Å²) >= 11 is 0. The second-order valence-corrected chi connectivity index (χ2v) is 3.20. The molecule has 0 fully saturated rings. The lowest BCUT2D eigenvalue weighted by Gasteiger charge is -2.06. The summed E-state index contributed by atoms with van der Waals surface area (Å²) in [6, 6.07) is 6.32. The molecular weight excluding hydrogens is 240 g/mol. The molecule has 0 saturated heterocycles. The van der Waals surface area contributed by atoms with Crippen LogP contribution in [-0.2, 0) is 14.3 Å². The predicted molar refractivity (Wildman–Crippen MR) is 61.3 cm³/mol. The molecule has 0 aliphatic carbocycles. The van der Waals surface area contributed by atoms with E-state index >= 15 is 0 Å². The Balaban J connectivity index is 2.41. The van der Waals surface area contributed by atoms with Gasteiger partial charge in [0.2, 0.25) is 0 Å². The first-order valence-electron chi connectivity index (χ1n) is 5.34. The van der Waals surface area contributed by atoms with Crippen molar-refractivity contribution in [3.05, 3.63) is 29.8 Å². The Morgan fingerprint density at radius 2 is 1.89 bits per heavy atom. The molecule has 1 aromatic rings. The summed E-state index contributed by atoms with van der Waals surface area (Å²) in [5, 5.41) is 8.51. The standard InChI is InChI=1S/C12H14O6/c13-5-6-18-12(15)10-1-3-11(4-2-10)17-8-7-16-9-14/h1-4,9,13H,5-8H2. The molecule has 1 aromatic carbocycles. The lowest BCUT2D eigenvalue weighted by molar-refractivity contribution is -0.129. The van der Waals surface area contributed by atoms with Crippen LogP contribution in [0, 0.1) is 0 Å². The molecule has 18 heavy (non-hydrogen) atoms. The second kappa shape index (κ2) is 8.08. The Morgan fingerprint density at radius 1 is 1.17 bits per heavy atom. The van der Waals surface area contributed by atoms with Gasteiger partial charge in [-0.05, 0) is 24.3 Å². The molecule has 0 amide bonds. The molecule has 98 valence electrons. The average molecular weight is 254 g/mol.